The lowest BCUT2D eigenvalue weighted by molar-refractivity contribution is -0.271. The number of ether oxygens (including phenoxy) is 4. The van der Waals surface area contributed by atoms with Crippen LogP contribution < -0.4 is 20.3 Å². The van der Waals surface area contributed by atoms with Crippen molar-refractivity contribution in [1.29, 1.82) is 0 Å². The van der Waals surface area contributed by atoms with Gasteiger partial charge in [-0.3, -0.25) is 34.1 Å². The van der Waals surface area contributed by atoms with Crippen molar-refractivity contribution in [1.82, 2.24) is 44.4 Å². The third-order valence-corrected chi connectivity index (χ3v) is 19.6. The number of carboxylic acids is 2. The molecule has 92 heavy (non-hydrogen) atoms. The number of nitrogens with zero attached hydrogens (tertiary/aromatic N) is 9. The molecule has 0 radical (unpaired) electrons. The van der Waals surface area contributed by atoms with E-state index >= 15 is 0 Å². The number of carbonyl (C=O) groups is 7. The third-order valence-electron chi connectivity index (χ3n) is 18.7. The number of fused-ring (bicyclic) bond motifs is 2. The number of benzene rings is 2. The van der Waals surface area contributed by atoms with Crippen LogP contribution in [-0.4, -0.2) is 182 Å². The van der Waals surface area contributed by atoms with Crippen LogP contribution in [0, 0.1) is 23.2 Å². The number of hydrogen-bond acceptors (Lipinski definition) is 20. The Kier molecular flexibility index (Phi) is 17.3. The molecule has 5 fully saturated rings. The number of unbranched alkanes of at least 4 members (excludes halogenated alkanes) is 1. The molecule has 1 saturated heterocycles. The summed E-state index contributed by atoms with van der Waals surface area (Å²) in [5.74, 6) is -4.30. The van der Waals surface area contributed by atoms with Crippen molar-refractivity contribution in [3.05, 3.63) is 113 Å². The molecule has 7 atom stereocenters. The second-order valence-electron chi connectivity index (χ2n) is 26.2. The Morgan fingerprint density at radius 3 is 2.36 bits per heavy atom. The number of aliphatic hydroxyl groups is 3. The number of aromatic carboxylic acids is 1. The number of likely N-dealkylation sites (N-methyl/N-ethyl adjacent to an activating group) is 1. The van der Waals surface area contributed by atoms with E-state index in [1.165, 1.54) is 16.2 Å². The van der Waals surface area contributed by atoms with Crippen LogP contribution in [0.5, 0.6) is 5.75 Å². The lowest BCUT2D eigenvalue weighted by Gasteiger charge is -2.69. The summed E-state index contributed by atoms with van der Waals surface area (Å²) < 4.78 is 29.1. The highest BCUT2D eigenvalue weighted by molar-refractivity contribution is 7.22. The summed E-state index contributed by atoms with van der Waals surface area (Å²) in [6.45, 7) is 8.39. The molecular formula is C64H73N11O16S. The minimum Gasteiger partial charge on any atom is -0.479 e. The number of rotatable bonds is 23. The number of hydrogen-bond donors (Lipinski definition) is 7. The third kappa shape index (κ3) is 12.9. The van der Waals surface area contributed by atoms with Crippen molar-refractivity contribution in [2.75, 3.05) is 50.1 Å². The number of thiazole rings is 1. The number of aryl methyl sites for hydroxylation is 1. The van der Waals surface area contributed by atoms with Gasteiger partial charge in [-0.05, 0) is 117 Å². The number of aromatic nitrogens is 6. The maximum absolute atomic E-state index is 13.7. The van der Waals surface area contributed by atoms with Gasteiger partial charge in [-0.2, -0.15) is 5.10 Å². The number of imide groups is 1. The van der Waals surface area contributed by atoms with Gasteiger partial charge in [-0.1, -0.05) is 49.4 Å². The Morgan fingerprint density at radius 1 is 0.859 bits per heavy atom. The SMILES string of the molecule is Cc1c(-c2ccc(N3CCn4cnc(C(=O)Nc5nc6ccccc6s5)c4C3)nc2C(=O)O)cnn1CC12CC3(C)CC(C)(C1)CC(OCCN(C)C(=O)OCc1ccc(CCCCNC(=O)CN4C(=O)C=CC4=O)cc1O[C@@H]1O[C@H](C(=O)O)[C@@H](O)[C@H](O)[C@H]1O)(C3)C2. The van der Waals surface area contributed by atoms with E-state index in [1.807, 2.05) is 51.4 Å². The largest absolute Gasteiger partial charge is 0.479 e. The number of para-hydroxylation sites is 1. The molecule has 7 heterocycles. The molecular weight excluding hydrogens is 1210 g/mol. The smallest absolute Gasteiger partial charge is 0.409 e. The number of imidazole rings is 1. The van der Waals surface area contributed by atoms with Gasteiger partial charge in [0.05, 0.1) is 47.2 Å². The average molecular weight is 1280 g/mol. The second kappa shape index (κ2) is 25.1. The Balaban J connectivity index is 0.675. The molecule has 13 rings (SSSR count). The molecule has 27 nitrogen and oxygen atoms in total. The monoisotopic (exact) mass is 1280 g/mol. The van der Waals surface area contributed by atoms with Crippen molar-refractivity contribution >= 4 is 74.2 Å². The highest BCUT2D eigenvalue weighted by Crippen LogP contribution is 2.72. The molecule has 3 aliphatic heterocycles. The van der Waals surface area contributed by atoms with Gasteiger partial charge in [0, 0.05) is 74.3 Å². The molecule has 7 N–H and O–H groups in total. The van der Waals surface area contributed by atoms with Crippen molar-refractivity contribution in [3.63, 3.8) is 0 Å². The zero-order valence-electron chi connectivity index (χ0n) is 51.3. The van der Waals surface area contributed by atoms with Gasteiger partial charge in [-0.25, -0.2) is 29.3 Å². The molecule has 2 aromatic carbocycles. The molecule has 4 aromatic heterocycles. The van der Waals surface area contributed by atoms with Gasteiger partial charge < -0.3 is 64.2 Å². The van der Waals surface area contributed by atoms with Crippen LogP contribution in [0.3, 0.4) is 0 Å². The Morgan fingerprint density at radius 2 is 1.62 bits per heavy atom. The van der Waals surface area contributed by atoms with E-state index < -0.39 is 78.6 Å². The fourth-order valence-corrected chi connectivity index (χ4v) is 16.4. The van der Waals surface area contributed by atoms with Crippen LogP contribution in [0.25, 0.3) is 21.3 Å². The van der Waals surface area contributed by atoms with Crippen molar-refractivity contribution in [2.24, 2.45) is 16.2 Å². The first-order chi connectivity index (χ1) is 43.9. The molecule has 5 amide bonds. The van der Waals surface area contributed by atoms with Gasteiger partial charge >= 0.3 is 18.0 Å². The molecule has 4 aliphatic carbocycles. The van der Waals surface area contributed by atoms with Crippen LogP contribution >= 0.6 is 11.3 Å². The van der Waals surface area contributed by atoms with E-state index in [2.05, 4.69) is 34.4 Å². The normalized spacial score (nSPS) is 26.3. The number of aliphatic carboxylic acids is 1. The Hall–Kier alpha value is -8.67. The summed E-state index contributed by atoms with van der Waals surface area (Å²) in [6.07, 6.45) is 2.30. The Bertz CT molecular complexity index is 3870. The number of anilines is 2. The maximum Gasteiger partial charge on any atom is 0.409 e. The van der Waals surface area contributed by atoms with Crippen LogP contribution in [0.2, 0.25) is 0 Å². The quantitative estimate of drug-likeness (QED) is 0.0325. The van der Waals surface area contributed by atoms with Crippen molar-refractivity contribution in [2.45, 2.75) is 141 Å². The first-order valence-corrected chi connectivity index (χ1v) is 31.5. The topological polar surface area (TPSA) is 353 Å². The average Bonchev–Trinajstić information content (AvgIpc) is 0.751. The molecule has 6 aromatic rings. The molecule has 4 bridgehead atoms. The number of nitrogens with one attached hydrogen (secondary N) is 2. The number of carbonyl (C=O) groups excluding carboxylic acids is 5. The van der Waals surface area contributed by atoms with Gasteiger partial charge in [0.25, 0.3) is 17.7 Å². The first-order valence-electron chi connectivity index (χ1n) is 30.6. The zero-order valence-corrected chi connectivity index (χ0v) is 52.1. The fraction of sp³-hybridized carbons (Fsp3) is 0.484. The zero-order chi connectivity index (χ0) is 65.0. The van der Waals surface area contributed by atoms with E-state index in [0.717, 1.165) is 71.5 Å². The summed E-state index contributed by atoms with van der Waals surface area (Å²) in [5, 5.41) is 63.1. The predicted molar refractivity (Wildman–Crippen MR) is 329 cm³/mol. The summed E-state index contributed by atoms with van der Waals surface area (Å²) >= 11 is 1.37. The van der Waals surface area contributed by atoms with E-state index in [9.17, 15) is 59.1 Å². The van der Waals surface area contributed by atoms with Crippen LogP contribution in [-0.2, 0) is 66.1 Å². The number of pyridine rings is 1. The highest BCUT2D eigenvalue weighted by Gasteiger charge is 2.66. The van der Waals surface area contributed by atoms with Crippen LogP contribution in [0.15, 0.2) is 79.3 Å². The first kappa shape index (κ1) is 63.5. The van der Waals surface area contributed by atoms with E-state index in [1.54, 1.807) is 43.8 Å². The van der Waals surface area contributed by atoms with Crippen LogP contribution in [0.1, 0.15) is 109 Å². The highest BCUT2D eigenvalue weighted by atomic mass is 32.1. The van der Waals surface area contributed by atoms with Crippen molar-refractivity contribution in [3.8, 4) is 16.9 Å². The molecule has 486 valence electrons. The lowest BCUT2D eigenvalue weighted by atomic mass is 9.39. The summed E-state index contributed by atoms with van der Waals surface area (Å²) in [7, 11) is 1.59. The summed E-state index contributed by atoms with van der Waals surface area (Å²) in [5.41, 5.74) is 3.71. The van der Waals surface area contributed by atoms with Crippen LogP contribution in [0.4, 0.5) is 15.7 Å². The van der Waals surface area contributed by atoms with E-state index in [4.69, 9.17) is 29.0 Å². The maximum atomic E-state index is 13.7. The lowest BCUT2D eigenvalue weighted by Crippen LogP contribution is -2.64. The summed E-state index contributed by atoms with van der Waals surface area (Å²) in [4.78, 5) is 106. The molecule has 7 aliphatic rings. The minimum atomic E-state index is -1.96. The molecule has 0 spiro atoms. The Labute approximate surface area is 531 Å². The summed E-state index contributed by atoms with van der Waals surface area (Å²) in [6, 6.07) is 16.2. The van der Waals surface area contributed by atoms with E-state index in [-0.39, 0.29) is 72.1 Å². The number of carboxylic acid groups (broad SMARTS) is 2. The van der Waals surface area contributed by atoms with E-state index in [0.29, 0.717) is 77.8 Å². The molecule has 4 saturated carbocycles. The molecule has 2 unspecified atom stereocenters. The second-order valence-corrected chi connectivity index (χ2v) is 27.2. The standard InChI is InChI=1S/C64H73N11O16S/c1-36-40(39-14-15-45(69-49(39)56(83)84)72-19-20-73-35-66-50(42(73)25-72)55(82)70-59-68-41-10-5-6-11-44(41)92-59)24-67-75(36)34-63-29-61(2)28-62(3,30-63)32-64(31-61,33-63)89-22-21-71(4)60(87)88-27-38-13-12-37(9-7-8-18-65-46(76)26-74-47(77)16-17-48(74)78)23-43(38)90-58-53(81)51(79)52(80)54(91-58)57(85)86/h5-6,10-17,23-24,35,51-54,58,79-81H,7-9,18-22,25-34H2,1-4H3,(H,65,76)(H,83,84)(H,85,86)(H,68,70,82)/t51-,52-,53+,54-,58+,61?,62?,63?,64?/m0/s1. The number of aliphatic hydroxyl groups excluding tert-OH is 3. The van der Waals surface area contributed by atoms with Gasteiger partial charge in [0.1, 0.15) is 43.0 Å². The molecule has 28 heteroatoms. The predicted octanol–water partition coefficient (Wildman–Crippen LogP) is 5.07. The van der Waals surface area contributed by atoms with Gasteiger partial charge in [0.2, 0.25) is 12.2 Å². The van der Waals surface area contributed by atoms with Crippen molar-refractivity contribution < 1.29 is 78.0 Å². The fourth-order valence-electron chi connectivity index (χ4n) is 15.5. The van der Waals surface area contributed by atoms with Gasteiger partial charge in [-0.15, -0.1) is 0 Å². The number of amides is 5. The van der Waals surface area contributed by atoms with Gasteiger partial charge in [0.15, 0.2) is 22.6 Å². The minimum absolute atomic E-state index is 0.0421.